The summed E-state index contributed by atoms with van der Waals surface area (Å²) in [6.45, 7) is 8.62. The van der Waals surface area contributed by atoms with Crippen LogP contribution in [-0.4, -0.2) is 26.9 Å². The molecule has 1 fully saturated rings. The molecule has 0 N–H and O–H groups in total. The summed E-state index contributed by atoms with van der Waals surface area (Å²) in [5.41, 5.74) is 4.78. The van der Waals surface area contributed by atoms with Crippen LogP contribution in [0.25, 0.3) is 0 Å². The first kappa shape index (κ1) is 17.4. The van der Waals surface area contributed by atoms with Crippen molar-refractivity contribution in [3.8, 4) is 0 Å². The number of rotatable bonds is 3. The van der Waals surface area contributed by atoms with E-state index in [0.717, 1.165) is 25.1 Å². The fraction of sp³-hybridized carbons (Fsp3) is 0.450. The van der Waals surface area contributed by atoms with Crippen molar-refractivity contribution in [3.63, 3.8) is 0 Å². The molecule has 1 aromatic carbocycles. The van der Waals surface area contributed by atoms with Gasteiger partial charge in [-0.1, -0.05) is 18.2 Å². The predicted octanol–water partition coefficient (Wildman–Crippen LogP) is 2.84. The molecule has 132 valence electrons. The van der Waals surface area contributed by atoms with Crippen LogP contribution < -0.4 is 5.69 Å². The standard InChI is InChI=1S/C20H25N3O2/c1-13-7-8-17(10-14(13)2)18-6-5-9-22(18)19(24)12-23-16(4)11-15(3)21-20(23)25/h7-8,10-11,18H,5-6,9,12H2,1-4H3. The van der Waals surface area contributed by atoms with Gasteiger partial charge in [-0.05, 0) is 63.3 Å². The zero-order valence-corrected chi connectivity index (χ0v) is 15.4. The van der Waals surface area contributed by atoms with Crippen molar-refractivity contribution in [2.24, 2.45) is 0 Å². The second-order valence-electron chi connectivity index (χ2n) is 7.00. The van der Waals surface area contributed by atoms with E-state index in [1.54, 1.807) is 6.92 Å². The third-order valence-electron chi connectivity index (χ3n) is 5.13. The highest BCUT2D eigenvalue weighted by atomic mass is 16.2. The number of hydrogen-bond donors (Lipinski definition) is 0. The highest BCUT2D eigenvalue weighted by Gasteiger charge is 2.30. The molecule has 0 radical (unpaired) electrons. The van der Waals surface area contributed by atoms with Gasteiger partial charge in [0.2, 0.25) is 5.91 Å². The highest BCUT2D eigenvalue weighted by molar-refractivity contribution is 5.77. The van der Waals surface area contributed by atoms with Gasteiger partial charge in [-0.15, -0.1) is 0 Å². The molecule has 0 saturated carbocycles. The molecule has 1 atom stereocenters. The number of aromatic nitrogens is 2. The second-order valence-corrected chi connectivity index (χ2v) is 7.00. The Morgan fingerprint density at radius 3 is 2.60 bits per heavy atom. The minimum absolute atomic E-state index is 0.0171. The van der Waals surface area contributed by atoms with Crippen LogP contribution >= 0.6 is 0 Å². The monoisotopic (exact) mass is 339 g/mol. The number of hydrogen-bond acceptors (Lipinski definition) is 3. The Morgan fingerprint density at radius 1 is 1.16 bits per heavy atom. The lowest BCUT2D eigenvalue weighted by molar-refractivity contribution is -0.132. The molecule has 1 amide bonds. The molecule has 1 unspecified atom stereocenters. The van der Waals surface area contributed by atoms with Crippen LogP contribution in [0, 0.1) is 27.7 Å². The lowest BCUT2D eigenvalue weighted by Gasteiger charge is -2.26. The Bertz CT molecular complexity index is 870. The molecular formula is C20H25N3O2. The van der Waals surface area contributed by atoms with Gasteiger partial charge in [-0.3, -0.25) is 9.36 Å². The van der Waals surface area contributed by atoms with E-state index in [-0.39, 0.29) is 24.2 Å². The van der Waals surface area contributed by atoms with Gasteiger partial charge >= 0.3 is 5.69 Å². The molecule has 1 saturated heterocycles. The van der Waals surface area contributed by atoms with E-state index in [1.807, 2.05) is 17.9 Å². The van der Waals surface area contributed by atoms with Crippen molar-refractivity contribution in [2.45, 2.75) is 53.1 Å². The number of aryl methyl sites for hydroxylation is 4. The van der Waals surface area contributed by atoms with Crippen molar-refractivity contribution >= 4 is 5.91 Å². The number of amides is 1. The van der Waals surface area contributed by atoms with E-state index in [0.29, 0.717) is 5.69 Å². The van der Waals surface area contributed by atoms with Crippen molar-refractivity contribution < 1.29 is 4.79 Å². The first-order valence-electron chi connectivity index (χ1n) is 8.78. The van der Waals surface area contributed by atoms with Gasteiger partial charge in [0.05, 0.1) is 6.04 Å². The van der Waals surface area contributed by atoms with Gasteiger partial charge in [0.15, 0.2) is 0 Å². The Labute approximate surface area is 148 Å². The van der Waals surface area contributed by atoms with Crippen molar-refractivity contribution in [1.82, 2.24) is 14.5 Å². The van der Waals surface area contributed by atoms with Crippen LogP contribution in [0.4, 0.5) is 0 Å². The van der Waals surface area contributed by atoms with Gasteiger partial charge in [-0.25, -0.2) is 4.79 Å². The molecular weight excluding hydrogens is 314 g/mol. The van der Waals surface area contributed by atoms with Crippen LogP contribution in [0.2, 0.25) is 0 Å². The molecule has 0 bridgehead atoms. The molecule has 2 aromatic rings. The summed E-state index contributed by atoms with van der Waals surface area (Å²) in [4.78, 5) is 30.9. The van der Waals surface area contributed by atoms with E-state index >= 15 is 0 Å². The van der Waals surface area contributed by atoms with Gasteiger partial charge in [0.25, 0.3) is 0 Å². The summed E-state index contributed by atoms with van der Waals surface area (Å²) >= 11 is 0. The Balaban J connectivity index is 1.84. The molecule has 0 spiro atoms. The lowest BCUT2D eigenvalue weighted by Crippen LogP contribution is -2.37. The molecule has 25 heavy (non-hydrogen) atoms. The van der Waals surface area contributed by atoms with Crippen molar-refractivity contribution in [3.05, 3.63) is 62.8 Å². The summed E-state index contributed by atoms with van der Waals surface area (Å²) in [6, 6.07) is 8.34. The van der Waals surface area contributed by atoms with Gasteiger partial charge < -0.3 is 4.90 Å². The summed E-state index contributed by atoms with van der Waals surface area (Å²) in [5.74, 6) is -0.0171. The molecule has 2 heterocycles. The zero-order valence-electron chi connectivity index (χ0n) is 15.4. The third kappa shape index (κ3) is 3.50. The van der Waals surface area contributed by atoms with Crippen LogP contribution in [0.15, 0.2) is 29.1 Å². The first-order valence-corrected chi connectivity index (χ1v) is 8.78. The van der Waals surface area contributed by atoms with E-state index in [9.17, 15) is 9.59 Å². The molecule has 1 aromatic heterocycles. The van der Waals surface area contributed by atoms with E-state index < -0.39 is 0 Å². The smallest absolute Gasteiger partial charge is 0.334 e. The maximum atomic E-state index is 12.9. The largest absolute Gasteiger partial charge is 0.348 e. The number of likely N-dealkylation sites (tertiary alicyclic amines) is 1. The summed E-state index contributed by atoms with van der Waals surface area (Å²) in [7, 11) is 0. The quantitative estimate of drug-likeness (QED) is 0.864. The van der Waals surface area contributed by atoms with Gasteiger partial charge in [0.1, 0.15) is 6.54 Å². The minimum Gasteiger partial charge on any atom is -0.334 e. The average molecular weight is 339 g/mol. The normalized spacial score (nSPS) is 17.1. The van der Waals surface area contributed by atoms with Crippen LogP contribution in [0.1, 0.15) is 47.0 Å². The third-order valence-corrected chi connectivity index (χ3v) is 5.13. The maximum absolute atomic E-state index is 12.9. The minimum atomic E-state index is -0.354. The van der Waals surface area contributed by atoms with Gasteiger partial charge in [-0.2, -0.15) is 4.98 Å². The predicted molar refractivity (Wildman–Crippen MR) is 97.6 cm³/mol. The number of carbonyl (C=O) groups excluding carboxylic acids is 1. The SMILES string of the molecule is Cc1cc(C)n(CC(=O)N2CCCC2c2ccc(C)c(C)c2)c(=O)n1. The van der Waals surface area contributed by atoms with E-state index in [1.165, 1.54) is 21.3 Å². The highest BCUT2D eigenvalue weighted by Crippen LogP contribution is 2.33. The average Bonchev–Trinajstić information content (AvgIpc) is 3.03. The van der Waals surface area contributed by atoms with Crippen molar-refractivity contribution in [1.29, 1.82) is 0 Å². The molecule has 1 aliphatic heterocycles. The number of nitrogens with zero attached hydrogens (tertiary/aromatic N) is 3. The van der Waals surface area contributed by atoms with Crippen LogP contribution in [0.3, 0.4) is 0 Å². The van der Waals surface area contributed by atoms with Crippen LogP contribution in [0.5, 0.6) is 0 Å². The zero-order chi connectivity index (χ0) is 18.1. The summed E-state index contributed by atoms with van der Waals surface area (Å²) in [5, 5.41) is 0. The number of benzene rings is 1. The Kier molecular flexibility index (Phi) is 4.75. The molecule has 5 heteroatoms. The fourth-order valence-corrected chi connectivity index (χ4v) is 3.58. The lowest BCUT2D eigenvalue weighted by atomic mass is 9.99. The molecule has 5 nitrogen and oxygen atoms in total. The molecule has 1 aliphatic rings. The second kappa shape index (κ2) is 6.82. The molecule has 0 aliphatic carbocycles. The Morgan fingerprint density at radius 2 is 1.92 bits per heavy atom. The summed E-state index contributed by atoms with van der Waals surface area (Å²) in [6.07, 6.45) is 1.96. The first-order chi connectivity index (χ1) is 11.9. The van der Waals surface area contributed by atoms with E-state index in [4.69, 9.17) is 0 Å². The van der Waals surface area contributed by atoms with Crippen molar-refractivity contribution in [2.75, 3.05) is 6.54 Å². The topological polar surface area (TPSA) is 55.2 Å². The fourth-order valence-electron chi connectivity index (χ4n) is 3.58. The maximum Gasteiger partial charge on any atom is 0.348 e. The van der Waals surface area contributed by atoms with Crippen LogP contribution in [-0.2, 0) is 11.3 Å². The molecule has 3 rings (SSSR count). The van der Waals surface area contributed by atoms with E-state index in [2.05, 4.69) is 37.0 Å². The number of carbonyl (C=O) groups is 1. The van der Waals surface area contributed by atoms with Gasteiger partial charge in [0, 0.05) is 17.9 Å². The Hall–Kier alpha value is -2.43. The summed E-state index contributed by atoms with van der Waals surface area (Å²) < 4.78 is 1.46.